The van der Waals surface area contributed by atoms with Gasteiger partial charge in [0.1, 0.15) is 0 Å². The first-order chi connectivity index (χ1) is 15.1. The van der Waals surface area contributed by atoms with E-state index in [-0.39, 0.29) is 18.2 Å². The lowest BCUT2D eigenvalue weighted by atomic mass is 9.82. The second kappa shape index (κ2) is 9.77. The number of piperidine rings is 1. The lowest BCUT2D eigenvalue weighted by molar-refractivity contribution is -0.138. The van der Waals surface area contributed by atoms with E-state index in [1.807, 2.05) is 48.7 Å². The first kappa shape index (κ1) is 21.1. The maximum Gasteiger partial charge on any atom is 0.303 e. The van der Waals surface area contributed by atoms with E-state index in [0.717, 1.165) is 43.6 Å². The zero-order chi connectivity index (χ0) is 21.6. The lowest BCUT2D eigenvalue weighted by Crippen LogP contribution is -2.24. The van der Waals surface area contributed by atoms with Gasteiger partial charge < -0.3 is 10.4 Å². The molecular formula is C25H29N3O3. The highest BCUT2D eigenvalue weighted by Gasteiger charge is 2.21. The molecule has 2 aromatic rings. The van der Waals surface area contributed by atoms with E-state index >= 15 is 0 Å². The van der Waals surface area contributed by atoms with Crippen LogP contribution in [0.5, 0.6) is 0 Å². The zero-order valence-corrected chi connectivity index (χ0v) is 17.7. The molecule has 162 valence electrons. The third kappa shape index (κ3) is 5.72. The van der Waals surface area contributed by atoms with Crippen molar-refractivity contribution in [2.45, 2.75) is 44.9 Å². The standard InChI is InChI=1S/C25H29N3O3/c29-24(30)15-19-6-9-22-16-23(11-10-21(22)14-19)27-25(31)20-7-4-18(5-8-20)17-26-28-12-2-1-3-13-28/h4-5,7-8,10-11,16-17,19H,1-3,6,9,12-15H2,(H,27,31)(H,29,30). The predicted molar refractivity (Wildman–Crippen MR) is 122 cm³/mol. The van der Waals surface area contributed by atoms with E-state index in [1.165, 1.54) is 30.4 Å². The Bertz CT molecular complexity index is 962. The van der Waals surface area contributed by atoms with Gasteiger partial charge in [0.15, 0.2) is 0 Å². The highest BCUT2D eigenvalue weighted by atomic mass is 16.4. The SMILES string of the molecule is O=C(O)CC1CCc2cc(NC(=O)c3ccc(C=NN4CCCCC4)cc3)ccc2C1. The number of hydrazone groups is 1. The van der Waals surface area contributed by atoms with Gasteiger partial charge in [0, 0.05) is 30.8 Å². The molecule has 0 bridgehead atoms. The summed E-state index contributed by atoms with van der Waals surface area (Å²) in [6, 6.07) is 13.4. The van der Waals surface area contributed by atoms with Crippen LogP contribution >= 0.6 is 0 Å². The maximum absolute atomic E-state index is 12.7. The third-order valence-electron chi connectivity index (χ3n) is 6.13. The molecule has 31 heavy (non-hydrogen) atoms. The van der Waals surface area contributed by atoms with Crippen LogP contribution < -0.4 is 5.32 Å². The third-order valence-corrected chi connectivity index (χ3v) is 6.13. The van der Waals surface area contributed by atoms with E-state index in [4.69, 9.17) is 5.11 Å². The van der Waals surface area contributed by atoms with E-state index in [0.29, 0.717) is 5.56 Å². The molecule has 1 heterocycles. The van der Waals surface area contributed by atoms with Crippen molar-refractivity contribution < 1.29 is 14.7 Å². The normalized spacial score (nSPS) is 18.6. The van der Waals surface area contributed by atoms with Crippen LogP contribution in [-0.4, -0.2) is 41.3 Å². The summed E-state index contributed by atoms with van der Waals surface area (Å²) in [5.74, 6) is -0.678. The summed E-state index contributed by atoms with van der Waals surface area (Å²) >= 11 is 0. The van der Waals surface area contributed by atoms with Crippen molar-refractivity contribution in [1.29, 1.82) is 0 Å². The fraction of sp³-hybridized carbons (Fsp3) is 0.400. The smallest absolute Gasteiger partial charge is 0.303 e. The summed E-state index contributed by atoms with van der Waals surface area (Å²) in [7, 11) is 0. The van der Waals surface area contributed by atoms with Gasteiger partial charge in [0.05, 0.1) is 6.21 Å². The number of nitrogens with one attached hydrogen (secondary N) is 1. The second-order valence-corrected chi connectivity index (χ2v) is 8.53. The molecule has 6 heteroatoms. The largest absolute Gasteiger partial charge is 0.481 e. The molecule has 1 aliphatic heterocycles. The number of amides is 1. The molecular weight excluding hydrogens is 390 g/mol. The monoisotopic (exact) mass is 419 g/mol. The van der Waals surface area contributed by atoms with E-state index in [2.05, 4.69) is 15.4 Å². The molecule has 2 N–H and O–H groups in total. The van der Waals surface area contributed by atoms with Gasteiger partial charge in [-0.05, 0) is 85.4 Å². The van der Waals surface area contributed by atoms with Crippen LogP contribution in [0.15, 0.2) is 47.6 Å². The Balaban J connectivity index is 1.35. The second-order valence-electron chi connectivity index (χ2n) is 8.53. The molecule has 1 saturated heterocycles. The summed E-state index contributed by atoms with van der Waals surface area (Å²) in [4.78, 5) is 23.6. The van der Waals surface area contributed by atoms with Gasteiger partial charge >= 0.3 is 5.97 Å². The summed E-state index contributed by atoms with van der Waals surface area (Å²) in [5.41, 5.74) is 4.74. The van der Waals surface area contributed by atoms with Crippen molar-refractivity contribution in [2.75, 3.05) is 18.4 Å². The Morgan fingerprint density at radius 3 is 2.58 bits per heavy atom. The number of nitrogens with zero attached hydrogens (tertiary/aromatic N) is 2. The number of aryl methyl sites for hydroxylation is 1. The van der Waals surface area contributed by atoms with Crippen LogP contribution in [0.3, 0.4) is 0 Å². The van der Waals surface area contributed by atoms with E-state index in [9.17, 15) is 9.59 Å². The van der Waals surface area contributed by atoms with Crippen LogP contribution in [0.1, 0.15) is 59.2 Å². The molecule has 0 radical (unpaired) electrons. The average molecular weight is 420 g/mol. The van der Waals surface area contributed by atoms with Crippen molar-refractivity contribution in [3.63, 3.8) is 0 Å². The first-order valence-electron chi connectivity index (χ1n) is 11.1. The summed E-state index contributed by atoms with van der Waals surface area (Å²) in [5, 5.41) is 18.6. The molecule has 1 fully saturated rings. The fourth-order valence-electron chi connectivity index (χ4n) is 4.39. The Hall–Kier alpha value is -3.15. The maximum atomic E-state index is 12.7. The molecule has 1 aliphatic carbocycles. The molecule has 1 unspecified atom stereocenters. The fourth-order valence-corrected chi connectivity index (χ4v) is 4.39. The number of aliphatic carboxylic acids is 1. The summed E-state index contributed by atoms with van der Waals surface area (Å²) < 4.78 is 0. The van der Waals surface area contributed by atoms with Crippen molar-refractivity contribution in [3.8, 4) is 0 Å². The minimum absolute atomic E-state index is 0.140. The Morgan fingerprint density at radius 2 is 1.84 bits per heavy atom. The first-order valence-corrected chi connectivity index (χ1v) is 11.1. The number of carboxylic acids is 1. The zero-order valence-electron chi connectivity index (χ0n) is 17.7. The molecule has 0 spiro atoms. The number of fused-ring (bicyclic) bond motifs is 1. The van der Waals surface area contributed by atoms with Crippen LogP contribution in [0.2, 0.25) is 0 Å². The minimum Gasteiger partial charge on any atom is -0.481 e. The van der Waals surface area contributed by atoms with Crippen molar-refractivity contribution in [1.82, 2.24) is 5.01 Å². The van der Waals surface area contributed by atoms with Crippen LogP contribution in [0, 0.1) is 5.92 Å². The van der Waals surface area contributed by atoms with Gasteiger partial charge in [-0.3, -0.25) is 14.6 Å². The molecule has 1 atom stereocenters. The quantitative estimate of drug-likeness (QED) is 0.683. The number of carboxylic acid groups (broad SMARTS) is 1. The number of benzene rings is 2. The number of hydrogen-bond donors (Lipinski definition) is 2. The van der Waals surface area contributed by atoms with Gasteiger partial charge in [-0.25, -0.2) is 0 Å². The van der Waals surface area contributed by atoms with Gasteiger partial charge in [0.25, 0.3) is 5.91 Å². The highest BCUT2D eigenvalue weighted by molar-refractivity contribution is 6.04. The topological polar surface area (TPSA) is 82.0 Å². The molecule has 1 amide bonds. The number of rotatable bonds is 6. The lowest BCUT2D eigenvalue weighted by Gasteiger charge is -2.24. The van der Waals surface area contributed by atoms with E-state index in [1.54, 1.807) is 0 Å². The molecule has 0 aromatic heterocycles. The van der Waals surface area contributed by atoms with Crippen LogP contribution in [-0.2, 0) is 17.6 Å². The Morgan fingerprint density at radius 1 is 1.06 bits per heavy atom. The van der Waals surface area contributed by atoms with Crippen molar-refractivity contribution >= 4 is 23.8 Å². The predicted octanol–water partition coefficient (Wildman–Crippen LogP) is 4.34. The molecule has 2 aromatic carbocycles. The van der Waals surface area contributed by atoms with Crippen LogP contribution in [0.4, 0.5) is 5.69 Å². The minimum atomic E-state index is -0.735. The summed E-state index contributed by atoms with van der Waals surface area (Å²) in [6.45, 7) is 2.02. The number of carbonyl (C=O) groups excluding carboxylic acids is 1. The van der Waals surface area contributed by atoms with Gasteiger partial charge in [-0.2, -0.15) is 5.10 Å². The van der Waals surface area contributed by atoms with Gasteiger partial charge in [-0.1, -0.05) is 18.2 Å². The molecule has 4 rings (SSSR count). The number of anilines is 1. The Kier molecular flexibility index (Phi) is 6.65. The Labute approximate surface area is 183 Å². The highest BCUT2D eigenvalue weighted by Crippen LogP contribution is 2.29. The molecule has 0 saturated carbocycles. The number of hydrogen-bond acceptors (Lipinski definition) is 4. The van der Waals surface area contributed by atoms with Crippen molar-refractivity contribution in [2.24, 2.45) is 11.0 Å². The molecule has 6 nitrogen and oxygen atoms in total. The summed E-state index contributed by atoms with van der Waals surface area (Å²) in [6.07, 6.45) is 8.26. The van der Waals surface area contributed by atoms with Gasteiger partial charge in [-0.15, -0.1) is 0 Å². The average Bonchev–Trinajstić information content (AvgIpc) is 2.78. The van der Waals surface area contributed by atoms with Gasteiger partial charge in [0.2, 0.25) is 0 Å². The number of carbonyl (C=O) groups is 2. The molecule has 2 aliphatic rings. The van der Waals surface area contributed by atoms with E-state index < -0.39 is 5.97 Å². The van der Waals surface area contributed by atoms with Crippen LogP contribution in [0.25, 0.3) is 0 Å². The van der Waals surface area contributed by atoms with Crippen molar-refractivity contribution in [3.05, 3.63) is 64.7 Å².